The van der Waals surface area contributed by atoms with Crippen molar-refractivity contribution in [3.63, 3.8) is 0 Å². The molecule has 0 saturated carbocycles. The maximum absolute atomic E-state index is 12.2. The van der Waals surface area contributed by atoms with Crippen LogP contribution in [0.2, 0.25) is 0 Å². The molecule has 0 bridgehead atoms. The Labute approximate surface area is 126 Å². The molecule has 0 aliphatic carbocycles. The molecular weight excluding hydrogens is 312 g/mol. The molecule has 0 unspecified atom stereocenters. The molecular formula is C11H14N6O2S2. The molecule has 2 aromatic rings. The van der Waals surface area contributed by atoms with Crippen LogP contribution in [-0.2, 0) is 16.9 Å². The van der Waals surface area contributed by atoms with Gasteiger partial charge in [-0.3, -0.25) is 5.41 Å². The minimum Gasteiger partial charge on any atom is -0.384 e. The molecule has 0 atom stereocenters. The van der Waals surface area contributed by atoms with Gasteiger partial charge in [-0.15, -0.1) is 5.10 Å². The Morgan fingerprint density at radius 3 is 2.57 bits per heavy atom. The van der Waals surface area contributed by atoms with E-state index in [-0.39, 0.29) is 16.5 Å². The predicted octanol–water partition coefficient (Wildman–Crippen LogP) is 0.0602. The van der Waals surface area contributed by atoms with Crippen molar-refractivity contribution in [3.8, 4) is 0 Å². The van der Waals surface area contributed by atoms with E-state index < -0.39 is 9.84 Å². The topological polar surface area (TPSA) is 128 Å². The van der Waals surface area contributed by atoms with E-state index in [2.05, 4.69) is 15.5 Å². The molecule has 0 aliphatic rings. The zero-order valence-corrected chi connectivity index (χ0v) is 12.9. The standard InChI is InChI=1S/C11H14N6O2S2/c1-17-11(14-15-16-17)20-6-7-21(18,19)9-4-2-8(3-5-9)10(12)13/h2-5H,6-7H2,1H3,(H3,12,13). The first-order valence-electron chi connectivity index (χ1n) is 5.92. The molecule has 2 rings (SSSR count). The van der Waals surface area contributed by atoms with E-state index >= 15 is 0 Å². The van der Waals surface area contributed by atoms with Crippen molar-refractivity contribution in [3.05, 3.63) is 29.8 Å². The molecule has 1 aromatic carbocycles. The summed E-state index contributed by atoms with van der Waals surface area (Å²) in [6.45, 7) is 0. The summed E-state index contributed by atoms with van der Waals surface area (Å²) in [5.74, 6) is 0.235. The van der Waals surface area contributed by atoms with Gasteiger partial charge >= 0.3 is 0 Å². The summed E-state index contributed by atoms with van der Waals surface area (Å²) < 4.78 is 25.8. The van der Waals surface area contributed by atoms with Gasteiger partial charge < -0.3 is 5.73 Å². The van der Waals surface area contributed by atoms with Crippen LogP contribution in [0.1, 0.15) is 5.56 Å². The number of hydrogen-bond acceptors (Lipinski definition) is 7. The first-order chi connectivity index (χ1) is 9.90. The van der Waals surface area contributed by atoms with Crippen molar-refractivity contribution in [2.75, 3.05) is 11.5 Å². The van der Waals surface area contributed by atoms with Crippen LogP contribution in [0.15, 0.2) is 34.3 Å². The van der Waals surface area contributed by atoms with Crippen molar-refractivity contribution in [1.82, 2.24) is 20.2 Å². The number of amidine groups is 1. The normalized spacial score (nSPS) is 11.5. The zero-order chi connectivity index (χ0) is 15.5. The van der Waals surface area contributed by atoms with E-state index in [1.165, 1.54) is 40.7 Å². The highest BCUT2D eigenvalue weighted by Crippen LogP contribution is 2.17. The van der Waals surface area contributed by atoms with Crippen molar-refractivity contribution in [2.45, 2.75) is 10.1 Å². The number of aryl methyl sites for hydroxylation is 1. The Morgan fingerprint density at radius 2 is 2.05 bits per heavy atom. The van der Waals surface area contributed by atoms with E-state index in [1.54, 1.807) is 7.05 Å². The lowest BCUT2D eigenvalue weighted by Gasteiger charge is -2.05. The number of thioether (sulfide) groups is 1. The summed E-state index contributed by atoms with van der Waals surface area (Å²) in [5, 5.41) is 18.8. The van der Waals surface area contributed by atoms with Crippen LogP contribution in [0.4, 0.5) is 0 Å². The molecule has 0 fully saturated rings. The van der Waals surface area contributed by atoms with Gasteiger partial charge in [-0.05, 0) is 22.6 Å². The van der Waals surface area contributed by atoms with Gasteiger partial charge in [-0.2, -0.15) is 0 Å². The van der Waals surface area contributed by atoms with Gasteiger partial charge in [0.1, 0.15) is 5.84 Å². The molecule has 3 N–H and O–H groups in total. The number of benzene rings is 1. The van der Waals surface area contributed by atoms with Gasteiger partial charge in [-0.25, -0.2) is 13.1 Å². The monoisotopic (exact) mass is 326 g/mol. The number of nitrogen functional groups attached to an aromatic ring is 1. The highest BCUT2D eigenvalue weighted by atomic mass is 32.2. The number of hydrogen-bond donors (Lipinski definition) is 2. The number of nitrogens with two attached hydrogens (primary N) is 1. The first-order valence-corrected chi connectivity index (χ1v) is 8.56. The quantitative estimate of drug-likeness (QED) is 0.436. The molecule has 0 saturated heterocycles. The number of nitrogens with zero attached hydrogens (tertiary/aromatic N) is 4. The fourth-order valence-corrected chi connectivity index (χ4v) is 4.04. The number of aromatic nitrogens is 4. The van der Waals surface area contributed by atoms with Crippen molar-refractivity contribution in [1.29, 1.82) is 5.41 Å². The predicted molar refractivity (Wildman–Crippen MR) is 79.0 cm³/mol. The first kappa shape index (κ1) is 15.4. The zero-order valence-electron chi connectivity index (χ0n) is 11.2. The molecule has 8 nitrogen and oxygen atoms in total. The number of rotatable bonds is 6. The fraction of sp³-hybridized carbons (Fsp3) is 0.273. The van der Waals surface area contributed by atoms with E-state index in [1.807, 2.05) is 0 Å². The second kappa shape index (κ2) is 6.22. The SMILES string of the molecule is Cn1nnnc1SCCS(=O)(=O)c1ccc(C(=N)N)cc1. The molecule has 112 valence electrons. The number of tetrazole rings is 1. The van der Waals surface area contributed by atoms with Crippen LogP contribution in [0, 0.1) is 5.41 Å². The van der Waals surface area contributed by atoms with Crippen molar-refractivity contribution < 1.29 is 8.42 Å². The maximum atomic E-state index is 12.2. The molecule has 21 heavy (non-hydrogen) atoms. The summed E-state index contributed by atoms with van der Waals surface area (Å²) in [4.78, 5) is 0.212. The Kier molecular flexibility index (Phi) is 4.58. The second-order valence-electron chi connectivity index (χ2n) is 4.19. The van der Waals surface area contributed by atoms with Crippen LogP contribution in [0.5, 0.6) is 0 Å². The molecule has 10 heteroatoms. The third kappa shape index (κ3) is 3.79. The minimum atomic E-state index is -3.38. The Balaban J connectivity index is 2.01. The molecule has 1 heterocycles. The number of sulfone groups is 1. The summed E-state index contributed by atoms with van der Waals surface area (Å²) in [5.41, 5.74) is 5.82. The van der Waals surface area contributed by atoms with Gasteiger partial charge in [0, 0.05) is 18.4 Å². The Morgan fingerprint density at radius 1 is 1.38 bits per heavy atom. The summed E-state index contributed by atoms with van der Waals surface area (Å²) >= 11 is 1.28. The van der Waals surface area contributed by atoms with Crippen molar-refractivity contribution in [2.24, 2.45) is 12.8 Å². The Bertz CT molecular complexity index is 738. The molecule has 0 radical (unpaired) electrons. The highest BCUT2D eigenvalue weighted by molar-refractivity contribution is 8.00. The number of nitrogens with one attached hydrogen (secondary N) is 1. The third-order valence-corrected chi connectivity index (χ3v) is 5.69. The van der Waals surface area contributed by atoms with E-state index in [0.29, 0.717) is 16.5 Å². The summed E-state index contributed by atoms with van der Waals surface area (Å²) in [6, 6.07) is 5.96. The Hall–Kier alpha value is -1.94. The van der Waals surface area contributed by atoms with Gasteiger partial charge in [0.25, 0.3) is 0 Å². The molecule has 0 amide bonds. The highest BCUT2D eigenvalue weighted by Gasteiger charge is 2.15. The van der Waals surface area contributed by atoms with Gasteiger partial charge in [0.2, 0.25) is 5.16 Å². The van der Waals surface area contributed by atoms with Crippen LogP contribution in [0.25, 0.3) is 0 Å². The lowest BCUT2D eigenvalue weighted by Crippen LogP contribution is -2.12. The van der Waals surface area contributed by atoms with E-state index in [9.17, 15) is 8.42 Å². The maximum Gasteiger partial charge on any atom is 0.209 e. The third-order valence-electron chi connectivity index (χ3n) is 2.69. The van der Waals surface area contributed by atoms with Gasteiger partial charge in [-0.1, -0.05) is 23.9 Å². The fourth-order valence-electron chi connectivity index (χ4n) is 1.55. The molecule has 1 aromatic heterocycles. The van der Waals surface area contributed by atoms with Crippen LogP contribution in [0.3, 0.4) is 0 Å². The average Bonchev–Trinajstić information content (AvgIpc) is 2.84. The van der Waals surface area contributed by atoms with Gasteiger partial charge in [0.05, 0.1) is 10.6 Å². The van der Waals surface area contributed by atoms with Crippen LogP contribution in [-0.4, -0.2) is 46.0 Å². The van der Waals surface area contributed by atoms with Crippen LogP contribution >= 0.6 is 11.8 Å². The lowest BCUT2D eigenvalue weighted by atomic mass is 10.2. The molecule has 0 spiro atoms. The largest absolute Gasteiger partial charge is 0.384 e. The van der Waals surface area contributed by atoms with E-state index in [0.717, 1.165) is 0 Å². The molecule has 0 aliphatic heterocycles. The van der Waals surface area contributed by atoms with Crippen LogP contribution < -0.4 is 5.73 Å². The smallest absolute Gasteiger partial charge is 0.209 e. The average molecular weight is 326 g/mol. The minimum absolute atomic E-state index is 0.0239. The van der Waals surface area contributed by atoms with E-state index in [4.69, 9.17) is 11.1 Å². The summed E-state index contributed by atoms with van der Waals surface area (Å²) in [7, 11) is -1.69. The summed E-state index contributed by atoms with van der Waals surface area (Å²) in [6.07, 6.45) is 0. The van der Waals surface area contributed by atoms with Crippen molar-refractivity contribution >= 4 is 27.4 Å². The van der Waals surface area contributed by atoms with Gasteiger partial charge in [0.15, 0.2) is 9.84 Å². The second-order valence-corrected chi connectivity index (χ2v) is 7.36. The lowest BCUT2D eigenvalue weighted by molar-refractivity contribution is 0.597.